The second kappa shape index (κ2) is 18.4. The molecule has 5 heteroatoms. The zero-order valence-corrected chi connectivity index (χ0v) is 21.3. The van der Waals surface area contributed by atoms with Gasteiger partial charge in [-0.15, -0.1) is 0 Å². The van der Waals surface area contributed by atoms with E-state index in [0.29, 0.717) is 0 Å². The lowest BCUT2D eigenvalue weighted by Gasteiger charge is -2.06. The molecule has 2 aromatic carbocycles. The molecule has 4 nitrogen and oxygen atoms in total. The van der Waals surface area contributed by atoms with Crippen molar-refractivity contribution in [2.24, 2.45) is 10.2 Å². The molecular weight excluding hydrogens is 428 g/mol. The SMILES string of the molecule is CCCCCCCCOc1ccc(N=Nc2ccc(OCCCCCCCCS)cc2)cc1. The molecule has 0 unspecified atom stereocenters. The summed E-state index contributed by atoms with van der Waals surface area (Å²) in [6.45, 7) is 3.79. The molecule has 0 aliphatic carbocycles. The summed E-state index contributed by atoms with van der Waals surface area (Å²) in [5.74, 6) is 2.77. The van der Waals surface area contributed by atoms with E-state index in [1.54, 1.807) is 0 Å². The smallest absolute Gasteiger partial charge is 0.119 e. The van der Waals surface area contributed by atoms with Crippen molar-refractivity contribution in [1.82, 2.24) is 0 Å². The van der Waals surface area contributed by atoms with E-state index < -0.39 is 0 Å². The molecule has 2 rings (SSSR count). The summed E-state index contributed by atoms with van der Waals surface area (Å²) in [4.78, 5) is 0. The second-order valence-corrected chi connectivity index (χ2v) is 8.94. The monoisotopic (exact) mass is 470 g/mol. The average molecular weight is 471 g/mol. The Morgan fingerprint density at radius 3 is 1.36 bits per heavy atom. The average Bonchev–Trinajstić information content (AvgIpc) is 2.85. The topological polar surface area (TPSA) is 43.2 Å². The zero-order valence-electron chi connectivity index (χ0n) is 20.4. The number of nitrogens with zero attached hydrogens (tertiary/aromatic N) is 2. The number of benzene rings is 2. The van der Waals surface area contributed by atoms with Crippen LogP contribution in [0.2, 0.25) is 0 Å². The van der Waals surface area contributed by atoms with E-state index in [4.69, 9.17) is 9.47 Å². The van der Waals surface area contributed by atoms with Crippen LogP contribution in [0.25, 0.3) is 0 Å². The van der Waals surface area contributed by atoms with Crippen molar-refractivity contribution < 1.29 is 9.47 Å². The molecule has 0 radical (unpaired) electrons. The van der Waals surface area contributed by atoms with Gasteiger partial charge in [-0.2, -0.15) is 22.9 Å². The van der Waals surface area contributed by atoms with Crippen molar-refractivity contribution in [3.63, 3.8) is 0 Å². The fourth-order valence-corrected chi connectivity index (χ4v) is 3.74. The number of hydrogen-bond acceptors (Lipinski definition) is 5. The van der Waals surface area contributed by atoms with E-state index >= 15 is 0 Å². The van der Waals surface area contributed by atoms with E-state index in [0.717, 1.165) is 54.7 Å². The molecule has 33 heavy (non-hydrogen) atoms. The molecule has 2 aromatic rings. The van der Waals surface area contributed by atoms with E-state index in [2.05, 4.69) is 29.8 Å². The maximum absolute atomic E-state index is 5.83. The molecule has 0 aromatic heterocycles. The van der Waals surface area contributed by atoms with Crippen LogP contribution in [0, 0.1) is 0 Å². The number of hydrogen-bond donors (Lipinski definition) is 1. The molecule has 0 fully saturated rings. The Hall–Kier alpha value is -2.01. The highest BCUT2D eigenvalue weighted by molar-refractivity contribution is 7.80. The van der Waals surface area contributed by atoms with Gasteiger partial charge in [-0.3, -0.25) is 0 Å². The molecule has 0 saturated carbocycles. The number of rotatable bonds is 19. The van der Waals surface area contributed by atoms with Crippen molar-refractivity contribution in [2.75, 3.05) is 19.0 Å². The second-order valence-electron chi connectivity index (χ2n) is 8.50. The molecule has 0 aliphatic heterocycles. The molecule has 0 atom stereocenters. The van der Waals surface area contributed by atoms with Gasteiger partial charge in [-0.25, -0.2) is 0 Å². The van der Waals surface area contributed by atoms with Gasteiger partial charge >= 0.3 is 0 Å². The highest BCUT2D eigenvalue weighted by atomic mass is 32.1. The Bertz CT molecular complexity index is 747. The predicted octanol–water partition coefficient (Wildman–Crippen LogP) is 9.49. The van der Waals surface area contributed by atoms with Crippen molar-refractivity contribution in [2.45, 2.75) is 84.0 Å². The van der Waals surface area contributed by atoms with Gasteiger partial charge in [0.2, 0.25) is 0 Å². The summed E-state index contributed by atoms with van der Waals surface area (Å²) in [6, 6.07) is 15.6. The first-order valence-corrected chi connectivity index (χ1v) is 13.4. The van der Waals surface area contributed by atoms with Crippen molar-refractivity contribution >= 4 is 24.0 Å². The third-order valence-electron chi connectivity index (χ3n) is 5.54. The fraction of sp³-hybridized carbons (Fsp3) is 0.571. The van der Waals surface area contributed by atoms with E-state index in [1.807, 2.05) is 48.5 Å². The maximum atomic E-state index is 5.83. The zero-order chi connectivity index (χ0) is 23.4. The summed E-state index contributed by atoms with van der Waals surface area (Å²) in [7, 11) is 0. The van der Waals surface area contributed by atoms with Gasteiger partial charge in [0.15, 0.2) is 0 Å². The van der Waals surface area contributed by atoms with Gasteiger partial charge in [-0.05, 0) is 73.5 Å². The summed E-state index contributed by atoms with van der Waals surface area (Å²) in [5.41, 5.74) is 1.63. The lowest BCUT2D eigenvalue weighted by atomic mass is 10.1. The van der Waals surface area contributed by atoms with Crippen LogP contribution in [0.5, 0.6) is 11.5 Å². The Morgan fingerprint density at radius 2 is 0.939 bits per heavy atom. The van der Waals surface area contributed by atoms with Crippen molar-refractivity contribution in [3.05, 3.63) is 48.5 Å². The summed E-state index contributed by atoms with van der Waals surface area (Å²) in [6.07, 6.45) is 15.0. The van der Waals surface area contributed by atoms with Crippen molar-refractivity contribution in [3.8, 4) is 11.5 Å². The highest BCUT2D eigenvalue weighted by Gasteiger charge is 1.98. The largest absolute Gasteiger partial charge is 0.494 e. The first-order chi connectivity index (χ1) is 16.3. The Morgan fingerprint density at radius 1 is 0.545 bits per heavy atom. The van der Waals surface area contributed by atoms with Gasteiger partial charge in [0.25, 0.3) is 0 Å². The lowest BCUT2D eigenvalue weighted by Crippen LogP contribution is -1.97. The van der Waals surface area contributed by atoms with Crippen LogP contribution in [-0.4, -0.2) is 19.0 Å². The summed E-state index contributed by atoms with van der Waals surface area (Å²) < 4.78 is 11.7. The van der Waals surface area contributed by atoms with Gasteiger partial charge in [-0.1, -0.05) is 64.7 Å². The minimum Gasteiger partial charge on any atom is -0.494 e. The Kier molecular flexibility index (Phi) is 15.2. The van der Waals surface area contributed by atoms with Crippen molar-refractivity contribution in [1.29, 1.82) is 0 Å². The first kappa shape index (κ1) is 27.2. The minimum absolute atomic E-state index is 0.765. The van der Waals surface area contributed by atoms with Gasteiger partial charge in [0.1, 0.15) is 11.5 Å². The normalized spacial score (nSPS) is 11.2. The quantitative estimate of drug-likeness (QED) is 0.126. The fourth-order valence-electron chi connectivity index (χ4n) is 3.52. The predicted molar refractivity (Wildman–Crippen MR) is 143 cm³/mol. The third kappa shape index (κ3) is 13.3. The third-order valence-corrected chi connectivity index (χ3v) is 5.86. The lowest BCUT2D eigenvalue weighted by molar-refractivity contribution is 0.304. The van der Waals surface area contributed by atoms with Gasteiger partial charge < -0.3 is 9.47 Å². The molecule has 0 heterocycles. The van der Waals surface area contributed by atoms with Crippen LogP contribution in [-0.2, 0) is 0 Å². The number of thiol groups is 1. The van der Waals surface area contributed by atoms with Crippen LogP contribution < -0.4 is 9.47 Å². The molecule has 182 valence electrons. The molecule has 0 bridgehead atoms. The van der Waals surface area contributed by atoms with Crippen LogP contribution in [0.15, 0.2) is 58.8 Å². The van der Waals surface area contributed by atoms with Gasteiger partial charge in [0, 0.05) is 0 Å². The molecule has 0 N–H and O–H groups in total. The Labute approximate surface area is 206 Å². The number of azo groups is 1. The highest BCUT2D eigenvalue weighted by Crippen LogP contribution is 2.23. The number of ether oxygens (including phenoxy) is 2. The summed E-state index contributed by atoms with van der Waals surface area (Å²) in [5, 5.41) is 8.65. The van der Waals surface area contributed by atoms with Crippen LogP contribution in [0.3, 0.4) is 0 Å². The Balaban J connectivity index is 1.61. The number of unbranched alkanes of at least 4 members (excludes halogenated alkanes) is 10. The van der Waals surface area contributed by atoms with Gasteiger partial charge in [0.05, 0.1) is 24.6 Å². The summed E-state index contributed by atoms with van der Waals surface area (Å²) >= 11 is 4.25. The molecule has 0 saturated heterocycles. The molecular formula is C28H42N2O2S. The standard InChI is InChI=1S/C28H42N2O2S/c1-2-3-4-5-8-11-22-31-27-18-14-25(15-19-27)29-30-26-16-20-28(21-17-26)32-23-12-9-6-7-10-13-24-33/h14-21,33H,2-13,22-24H2,1H3. The van der Waals surface area contributed by atoms with Crippen LogP contribution >= 0.6 is 12.6 Å². The first-order valence-electron chi connectivity index (χ1n) is 12.8. The molecule has 0 amide bonds. The van der Waals surface area contributed by atoms with Crippen LogP contribution in [0.4, 0.5) is 11.4 Å². The minimum atomic E-state index is 0.765. The van der Waals surface area contributed by atoms with E-state index in [1.165, 1.54) is 64.2 Å². The molecule has 0 spiro atoms. The maximum Gasteiger partial charge on any atom is 0.119 e. The molecule has 0 aliphatic rings. The van der Waals surface area contributed by atoms with Crippen LogP contribution in [0.1, 0.15) is 84.0 Å². The van der Waals surface area contributed by atoms with E-state index in [9.17, 15) is 0 Å². The van der Waals surface area contributed by atoms with E-state index in [-0.39, 0.29) is 0 Å².